The van der Waals surface area contributed by atoms with E-state index in [1.54, 1.807) is 0 Å². The molecule has 85 heavy (non-hydrogen) atoms. The zero-order chi connectivity index (χ0) is 61.9. The molecular weight excluding hydrogens is 1050 g/mol. The molecule has 0 heterocycles. The summed E-state index contributed by atoms with van der Waals surface area (Å²) in [7, 11) is 5.96. The van der Waals surface area contributed by atoms with Crippen LogP contribution >= 0.6 is 0 Å². The topological polar surface area (TPSA) is 108 Å². The molecule has 0 saturated carbocycles. The monoisotopic (exact) mass is 1190 g/mol. The number of carboxylic acid groups (broad SMARTS) is 1. The number of unbranched alkanes of at least 4 members (excludes halogenated alkanes) is 37. The number of ether oxygens (including phenoxy) is 4. The van der Waals surface area contributed by atoms with Gasteiger partial charge in [-0.1, -0.05) is 304 Å². The van der Waals surface area contributed by atoms with E-state index in [9.17, 15) is 19.5 Å². The number of esters is 2. The number of carbonyl (C=O) groups excluding carboxylic acids is 2. The molecule has 0 rings (SSSR count). The summed E-state index contributed by atoms with van der Waals surface area (Å²) in [6, 6.07) is 0. The first-order valence-electron chi connectivity index (χ1n) is 35.8. The lowest BCUT2D eigenvalue weighted by Crippen LogP contribution is -2.40. The molecule has 0 saturated heterocycles. The molecule has 0 aromatic heterocycles. The van der Waals surface area contributed by atoms with E-state index in [0.717, 1.165) is 70.6 Å². The molecule has 0 aromatic carbocycles. The minimum absolute atomic E-state index is 0.176. The van der Waals surface area contributed by atoms with Crippen LogP contribution in [-0.4, -0.2) is 87.4 Å². The van der Waals surface area contributed by atoms with Crippen molar-refractivity contribution in [2.75, 3.05) is 47.5 Å². The van der Waals surface area contributed by atoms with E-state index >= 15 is 0 Å². The number of hydrogen-bond donors (Lipinski definition) is 1. The molecule has 0 aliphatic rings. The zero-order valence-electron chi connectivity index (χ0n) is 56.3. The van der Waals surface area contributed by atoms with Gasteiger partial charge < -0.3 is 28.5 Å². The Morgan fingerprint density at radius 1 is 0.365 bits per heavy atom. The molecule has 0 bridgehead atoms. The first-order chi connectivity index (χ1) is 41.6. The van der Waals surface area contributed by atoms with Crippen molar-refractivity contribution in [2.24, 2.45) is 0 Å². The lowest BCUT2D eigenvalue weighted by molar-refractivity contribution is -0.870. The van der Waals surface area contributed by atoms with E-state index < -0.39 is 24.3 Å². The van der Waals surface area contributed by atoms with Crippen LogP contribution in [-0.2, 0) is 33.3 Å². The van der Waals surface area contributed by atoms with Gasteiger partial charge in [-0.05, 0) is 89.9 Å². The minimum Gasteiger partial charge on any atom is -0.477 e. The van der Waals surface area contributed by atoms with Crippen molar-refractivity contribution in [1.82, 2.24) is 0 Å². The summed E-state index contributed by atoms with van der Waals surface area (Å²) in [6.45, 7) is 4.74. The van der Waals surface area contributed by atoms with Crippen LogP contribution in [0.2, 0.25) is 0 Å². The Kier molecular flexibility index (Phi) is 63.7. The molecule has 0 aliphatic carbocycles. The number of carboxylic acids is 1. The molecule has 9 heteroatoms. The average molecular weight is 1190 g/mol. The molecule has 0 amide bonds. The van der Waals surface area contributed by atoms with Gasteiger partial charge >= 0.3 is 17.9 Å². The maximum atomic E-state index is 12.9. The van der Waals surface area contributed by atoms with Crippen LogP contribution in [0.15, 0.2) is 85.1 Å². The normalized spacial score (nSPS) is 13.2. The SMILES string of the molecule is CC/C=C\C/C=C\C/C=C\C/C=C\C/C=C\C/C=C\CCCCC(=O)OC(COC(=O)CCCCCCCCCCCCCCCCCCCCCCCCCCCCC/C=C\CCCCCCCCCC)COC(OCC[N+](C)(C)C)C(=O)O. The Labute approximate surface area is 525 Å². The highest BCUT2D eigenvalue weighted by atomic mass is 16.7. The van der Waals surface area contributed by atoms with Crippen molar-refractivity contribution in [3.8, 4) is 0 Å². The number of quaternary nitrogens is 1. The molecule has 0 aliphatic heterocycles. The molecule has 0 aromatic rings. The van der Waals surface area contributed by atoms with Crippen molar-refractivity contribution in [3.63, 3.8) is 0 Å². The second-order valence-electron chi connectivity index (χ2n) is 25.2. The lowest BCUT2D eigenvalue weighted by atomic mass is 10.0. The van der Waals surface area contributed by atoms with Gasteiger partial charge in [-0.25, -0.2) is 4.79 Å². The van der Waals surface area contributed by atoms with Gasteiger partial charge in [-0.2, -0.15) is 0 Å². The smallest absolute Gasteiger partial charge is 0.361 e. The Morgan fingerprint density at radius 3 is 1.04 bits per heavy atom. The van der Waals surface area contributed by atoms with Gasteiger partial charge in [-0.15, -0.1) is 0 Å². The summed E-state index contributed by atoms with van der Waals surface area (Å²) in [4.78, 5) is 37.5. The Bertz CT molecular complexity index is 1670. The van der Waals surface area contributed by atoms with Crippen LogP contribution in [0.5, 0.6) is 0 Å². The zero-order valence-corrected chi connectivity index (χ0v) is 56.3. The van der Waals surface area contributed by atoms with Crippen molar-refractivity contribution >= 4 is 17.9 Å². The highest BCUT2D eigenvalue weighted by molar-refractivity contribution is 5.71. The summed E-state index contributed by atoms with van der Waals surface area (Å²) in [6.07, 6.45) is 87.4. The van der Waals surface area contributed by atoms with Crippen LogP contribution in [0.25, 0.3) is 0 Å². The Hall–Kier alpha value is -3.53. The summed E-state index contributed by atoms with van der Waals surface area (Å²) in [5.74, 6) is -2.06. The molecule has 2 unspecified atom stereocenters. The van der Waals surface area contributed by atoms with E-state index in [1.165, 1.54) is 218 Å². The van der Waals surface area contributed by atoms with Crippen molar-refractivity contribution in [1.29, 1.82) is 0 Å². The number of hydrogen-bond acceptors (Lipinski definition) is 7. The van der Waals surface area contributed by atoms with Gasteiger partial charge in [-0.3, -0.25) is 9.59 Å². The predicted octanol–water partition coefficient (Wildman–Crippen LogP) is 22.2. The minimum atomic E-state index is -1.53. The Morgan fingerprint density at radius 2 is 0.671 bits per heavy atom. The number of likely N-dealkylation sites (N-methyl/N-ethyl adjacent to an activating group) is 1. The standard InChI is InChI=1S/C76H135NO8/c1-6-8-10-12-14-16-18-20-22-24-26-28-29-30-31-32-33-34-35-36-37-38-39-40-41-42-43-44-45-47-48-50-52-54-56-58-60-62-64-66-73(78)83-70-72(71-84-76(75(80)81)82-69-68-77(3,4)5)85-74(79)67-65-63-61-59-57-55-53-51-49-46-27-25-23-21-19-17-15-13-11-9-7-2/h9,11,15,17,21,23-24,26-27,46,51,53,57,59,72,76H,6-8,10,12-14,16,18-20,22,25,28-45,47-50,52,54-56,58,60-71H2,1-5H3/p+1/b11-9-,17-15-,23-21-,26-24-,46-27-,53-51-,59-57-. The first kappa shape index (κ1) is 81.5. The third-order valence-electron chi connectivity index (χ3n) is 15.6. The quantitative estimate of drug-likeness (QED) is 0.0211. The van der Waals surface area contributed by atoms with Gasteiger partial charge in [0.1, 0.15) is 13.2 Å². The van der Waals surface area contributed by atoms with E-state index in [0.29, 0.717) is 23.9 Å². The number of rotatable bonds is 66. The maximum Gasteiger partial charge on any atom is 0.361 e. The lowest BCUT2D eigenvalue weighted by Gasteiger charge is -2.25. The van der Waals surface area contributed by atoms with Gasteiger partial charge in [0.05, 0.1) is 34.4 Å². The van der Waals surface area contributed by atoms with E-state index in [-0.39, 0.29) is 32.2 Å². The van der Waals surface area contributed by atoms with Gasteiger partial charge in [0, 0.05) is 12.8 Å². The fourth-order valence-corrected chi connectivity index (χ4v) is 10.2. The average Bonchev–Trinajstić information content (AvgIpc) is 3.48. The van der Waals surface area contributed by atoms with E-state index in [4.69, 9.17) is 18.9 Å². The summed E-state index contributed by atoms with van der Waals surface area (Å²) in [5.41, 5.74) is 0. The third-order valence-corrected chi connectivity index (χ3v) is 15.6. The first-order valence-corrected chi connectivity index (χ1v) is 35.8. The summed E-state index contributed by atoms with van der Waals surface area (Å²) >= 11 is 0. The molecule has 1 N–H and O–H groups in total. The molecule has 0 spiro atoms. The van der Waals surface area contributed by atoms with Crippen LogP contribution < -0.4 is 0 Å². The fraction of sp³-hybridized carbons (Fsp3) is 0.776. The molecule has 492 valence electrons. The maximum absolute atomic E-state index is 12.9. The van der Waals surface area contributed by atoms with Crippen LogP contribution in [0.4, 0.5) is 0 Å². The molecular formula is C76H136NO8+. The highest BCUT2D eigenvalue weighted by Crippen LogP contribution is 2.18. The fourth-order valence-electron chi connectivity index (χ4n) is 10.2. The molecule has 0 radical (unpaired) electrons. The molecule has 0 fully saturated rings. The third kappa shape index (κ3) is 67.8. The number of allylic oxidation sites excluding steroid dienone is 14. The second-order valence-corrected chi connectivity index (χ2v) is 25.2. The number of aliphatic carboxylic acids is 1. The summed E-state index contributed by atoms with van der Waals surface area (Å²) < 4.78 is 22.9. The van der Waals surface area contributed by atoms with E-state index in [1.807, 2.05) is 21.1 Å². The Balaban J connectivity index is 4.02. The van der Waals surface area contributed by atoms with Crippen molar-refractivity contribution in [3.05, 3.63) is 85.1 Å². The highest BCUT2D eigenvalue weighted by Gasteiger charge is 2.25. The van der Waals surface area contributed by atoms with E-state index in [2.05, 4.69) is 98.9 Å². The largest absolute Gasteiger partial charge is 0.477 e. The van der Waals surface area contributed by atoms with Gasteiger partial charge in [0.2, 0.25) is 0 Å². The van der Waals surface area contributed by atoms with Crippen LogP contribution in [0.3, 0.4) is 0 Å². The van der Waals surface area contributed by atoms with Crippen molar-refractivity contribution < 1.29 is 42.9 Å². The van der Waals surface area contributed by atoms with Gasteiger partial charge in [0.15, 0.2) is 6.10 Å². The molecule has 2 atom stereocenters. The van der Waals surface area contributed by atoms with Crippen LogP contribution in [0, 0.1) is 0 Å². The number of carbonyl (C=O) groups is 3. The van der Waals surface area contributed by atoms with Crippen molar-refractivity contribution in [2.45, 2.75) is 334 Å². The van der Waals surface area contributed by atoms with Gasteiger partial charge in [0.25, 0.3) is 6.29 Å². The second kappa shape index (κ2) is 66.4. The summed E-state index contributed by atoms with van der Waals surface area (Å²) in [5, 5.41) is 9.73. The predicted molar refractivity (Wildman–Crippen MR) is 364 cm³/mol. The molecule has 9 nitrogen and oxygen atoms in total. The number of nitrogens with zero attached hydrogens (tertiary/aromatic N) is 1. The van der Waals surface area contributed by atoms with Crippen LogP contribution in [0.1, 0.15) is 322 Å².